The molecule has 1 amide bonds. The highest BCUT2D eigenvalue weighted by atomic mass is 19.4. The lowest BCUT2D eigenvalue weighted by atomic mass is 9.84. The normalized spacial score (nSPS) is 20.1. The summed E-state index contributed by atoms with van der Waals surface area (Å²) in [5.74, 6) is 0.960. The Bertz CT molecular complexity index is 1020. The van der Waals surface area contributed by atoms with Gasteiger partial charge in [-0.05, 0) is 67.9 Å². The molecule has 7 nitrogen and oxygen atoms in total. The first-order valence-corrected chi connectivity index (χ1v) is 12.4. The van der Waals surface area contributed by atoms with Crippen LogP contribution in [0.3, 0.4) is 0 Å². The Morgan fingerprint density at radius 1 is 1.19 bits per heavy atom. The highest BCUT2D eigenvalue weighted by Gasteiger charge is 2.46. The summed E-state index contributed by atoms with van der Waals surface area (Å²) in [6.07, 6.45) is -3.43. The number of aryl methyl sites for hydroxylation is 1. The standard InChI is InChI=1S/C27H33F3N2O5/c1-19-3-6-22(31-15-19)13-21-14-26(36-17-21)9-11-32(12-10-26)25(33)37-24(27(28,29)30)18-35-16-20-4-7-23(34-2)8-5-20/h3-8,15,21,24H,9-14,16-18H2,1-2H3/t21?,24-/m1/s1. The molecule has 0 N–H and O–H groups in total. The van der Waals surface area contributed by atoms with Crippen molar-refractivity contribution in [3.05, 3.63) is 59.4 Å². The van der Waals surface area contributed by atoms with Gasteiger partial charge >= 0.3 is 12.3 Å². The SMILES string of the molecule is COc1ccc(COC[C@@H](OC(=O)N2CCC3(CC2)CC(Cc2ccc(C)cn2)CO3)C(F)(F)F)cc1. The van der Waals surface area contributed by atoms with Gasteiger partial charge in [-0.3, -0.25) is 4.98 Å². The minimum Gasteiger partial charge on any atom is -0.497 e. The number of methoxy groups -OCH3 is 1. The van der Waals surface area contributed by atoms with Crippen LogP contribution in [0.25, 0.3) is 0 Å². The zero-order valence-electron chi connectivity index (χ0n) is 21.1. The zero-order valence-corrected chi connectivity index (χ0v) is 21.1. The fraction of sp³-hybridized carbons (Fsp3) is 0.556. The smallest absolute Gasteiger partial charge is 0.427 e. The van der Waals surface area contributed by atoms with E-state index in [0.717, 1.165) is 24.1 Å². The van der Waals surface area contributed by atoms with E-state index in [1.54, 1.807) is 24.3 Å². The highest BCUT2D eigenvalue weighted by Crippen LogP contribution is 2.40. The summed E-state index contributed by atoms with van der Waals surface area (Å²) >= 11 is 0. The summed E-state index contributed by atoms with van der Waals surface area (Å²) in [5.41, 5.74) is 2.46. The van der Waals surface area contributed by atoms with Crippen LogP contribution in [-0.2, 0) is 27.2 Å². The maximum absolute atomic E-state index is 13.5. The van der Waals surface area contributed by atoms with Crippen LogP contribution in [0.4, 0.5) is 18.0 Å². The topological polar surface area (TPSA) is 70.1 Å². The number of carbonyl (C=O) groups is 1. The molecule has 1 aromatic heterocycles. The van der Waals surface area contributed by atoms with Gasteiger partial charge in [0.2, 0.25) is 6.10 Å². The van der Waals surface area contributed by atoms with E-state index < -0.39 is 25.0 Å². The molecule has 3 heterocycles. The molecule has 2 aliphatic heterocycles. The molecule has 1 aromatic carbocycles. The molecular weight excluding hydrogens is 489 g/mol. The van der Waals surface area contributed by atoms with E-state index in [2.05, 4.69) is 4.98 Å². The molecule has 2 saturated heterocycles. The number of benzene rings is 1. The Balaban J connectivity index is 1.24. The Morgan fingerprint density at radius 2 is 1.92 bits per heavy atom. The minimum absolute atomic E-state index is 0.0447. The molecule has 0 radical (unpaired) electrons. The number of hydrogen-bond donors (Lipinski definition) is 0. The van der Waals surface area contributed by atoms with Gasteiger partial charge in [-0.2, -0.15) is 13.2 Å². The lowest BCUT2D eigenvalue weighted by molar-refractivity contribution is -0.220. The Hall–Kier alpha value is -2.85. The molecule has 1 unspecified atom stereocenters. The molecule has 0 bridgehead atoms. The third-order valence-corrected chi connectivity index (χ3v) is 6.99. The van der Waals surface area contributed by atoms with Crippen LogP contribution < -0.4 is 4.74 Å². The molecule has 10 heteroatoms. The number of hydrogen-bond acceptors (Lipinski definition) is 6. The van der Waals surface area contributed by atoms with Crippen molar-refractivity contribution in [1.29, 1.82) is 0 Å². The van der Waals surface area contributed by atoms with E-state index in [1.807, 2.05) is 25.3 Å². The van der Waals surface area contributed by atoms with Gasteiger partial charge in [0.25, 0.3) is 0 Å². The third kappa shape index (κ3) is 7.35. The maximum atomic E-state index is 13.5. The van der Waals surface area contributed by atoms with E-state index in [0.29, 0.717) is 36.7 Å². The second-order valence-electron chi connectivity index (χ2n) is 9.86. The first kappa shape index (κ1) is 27.2. The first-order chi connectivity index (χ1) is 17.7. The van der Waals surface area contributed by atoms with Crippen LogP contribution in [0.15, 0.2) is 42.6 Å². The summed E-state index contributed by atoms with van der Waals surface area (Å²) in [7, 11) is 1.53. The molecule has 2 fully saturated rings. The van der Waals surface area contributed by atoms with Crippen LogP contribution in [-0.4, -0.2) is 67.3 Å². The number of ether oxygens (including phenoxy) is 4. The molecule has 1 spiro atoms. The quantitative estimate of drug-likeness (QED) is 0.481. The number of nitrogens with zero attached hydrogens (tertiary/aromatic N) is 2. The van der Waals surface area contributed by atoms with Gasteiger partial charge in [0.15, 0.2) is 0 Å². The number of rotatable bonds is 8. The number of carbonyl (C=O) groups excluding carboxylic acids is 1. The average Bonchev–Trinajstić information content (AvgIpc) is 3.26. The second kappa shape index (κ2) is 11.7. The second-order valence-corrected chi connectivity index (χ2v) is 9.86. The van der Waals surface area contributed by atoms with Crippen LogP contribution in [0.1, 0.15) is 36.1 Å². The van der Waals surface area contributed by atoms with E-state index in [1.165, 1.54) is 12.0 Å². The predicted molar refractivity (Wildman–Crippen MR) is 129 cm³/mol. The van der Waals surface area contributed by atoms with Crippen LogP contribution in [0.5, 0.6) is 5.75 Å². The largest absolute Gasteiger partial charge is 0.497 e. The van der Waals surface area contributed by atoms with Crippen LogP contribution in [0.2, 0.25) is 0 Å². The number of aromatic nitrogens is 1. The van der Waals surface area contributed by atoms with Crippen molar-refractivity contribution < 1.29 is 36.9 Å². The van der Waals surface area contributed by atoms with E-state index >= 15 is 0 Å². The number of alkyl halides is 3. The summed E-state index contributed by atoms with van der Waals surface area (Å²) in [4.78, 5) is 18.4. The maximum Gasteiger partial charge on any atom is 0.427 e. The minimum atomic E-state index is -4.74. The first-order valence-electron chi connectivity index (χ1n) is 12.4. The van der Waals surface area contributed by atoms with E-state index in [4.69, 9.17) is 18.9 Å². The van der Waals surface area contributed by atoms with E-state index in [9.17, 15) is 18.0 Å². The third-order valence-electron chi connectivity index (χ3n) is 6.99. The molecule has 2 aliphatic rings. The predicted octanol–water partition coefficient (Wildman–Crippen LogP) is 5.10. The molecule has 202 valence electrons. The zero-order chi connectivity index (χ0) is 26.5. The summed E-state index contributed by atoms with van der Waals surface area (Å²) in [6.45, 7) is 2.35. The Kier molecular flexibility index (Phi) is 8.59. The van der Waals surface area contributed by atoms with E-state index in [-0.39, 0.29) is 25.3 Å². The fourth-order valence-corrected chi connectivity index (χ4v) is 4.83. The highest BCUT2D eigenvalue weighted by molar-refractivity contribution is 5.68. The number of pyridine rings is 1. The lowest BCUT2D eigenvalue weighted by Gasteiger charge is -2.38. The van der Waals surface area contributed by atoms with Crippen molar-refractivity contribution in [3.63, 3.8) is 0 Å². The molecule has 0 aliphatic carbocycles. The Labute approximate surface area is 214 Å². The summed E-state index contributed by atoms with van der Waals surface area (Å²) in [6, 6.07) is 10.8. The number of likely N-dealkylation sites (tertiary alicyclic amines) is 1. The summed E-state index contributed by atoms with van der Waals surface area (Å²) in [5, 5.41) is 0. The molecule has 37 heavy (non-hydrogen) atoms. The van der Waals surface area contributed by atoms with Crippen molar-refractivity contribution in [2.75, 3.05) is 33.4 Å². The number of piperidine rings is 1. The molecular formula is C27H33F3N2O5. The molecule has 0 saturated carbocycles. The average molecular weight is 523 g/mol. The van der Waals surface area contributed by atoms with Gasteiger partial charge in [-0.1, -0.05) is 18.2 Å². The van der Waals surface area contributed by atoms with Crippen molar-refractivity contribution in [1.82, 2.24) is 9.88 Å². The monoisotopic (exact) mass is 522 g/mol. The van der Waals surface area contributed by atoms with Gasteiger partial charge < -0.3 is 23.8 Å². The van der Waals surface area contributed by atoms with Crippen molar-refractivity contribution in [2.24, 2.45) is 5.92 Å². The van der Waals surface area contributed by atoms with Crippen LogP contribution in [0, 0.1) is 12.8 Å². The fourth-order valence-electron chi connectivity index (χ4n) is 4.83. The number of amides is 1. The van der Waals surface area contributed by atoms with Gasteiger partial charge in [0.05, 0.1) is 32.5 Å². The van der Waals surface area contributed by atoms with Gasteiger partial charge in [-0.15, -0.1) is 0 Å². The van der Waals surface area contributed by atoms with Gasteiger partial charge in [0, 0.05) is 25.0 Å². The van der Waals surface area contributed by atoms with Crippen molar-refractivity contribution in [3.8, 4) is 5.75 Å². The molecule has 2 atom stereocenters. The molecule has 2 aromatic rings. The molecule has 4 rings (SSSR count). The lowest BCUT2D eigenvalue weighted by Crippen LogP contribution is -2.49. The summed E-state index contributed by atoms with van der Waals surface area (Å²) < 4.78 is 61.9. The van der Waals surface area contributed by atoms with Crippen LogP contribution >= 0.6 is 0 Å². The van der Waals surface area contributed by atoms with Gasteiger partial charge in [0.1, 0.15) is 5.75 Å². The van der Waals surface area contributed by atoms with Crippen molar-refractivity contribution >= 4 is 6.09 Å². The number of halogens is 3. The van der Waals surface area contributed by atoms with Gasteiger partial charge in [-0.25, -0.2) is 4.79 Å². The van der Waals surface area contributed by atoms with Crippen molar-refractivity contribution in [2.45, 2.75) is 57.1 Å². The Morgan fingerprint density at radius 3 is 2.54 bits per heavy atom.